The van der Waals surface area contributed by atoms with Crippen LogP contribution in [0.15, 0.2) is 30.5 Å². The van der Waals surface area contributed by atoms with Crippen LogP contribution in [0, 0.1) is 13.8 Å². The molecule has 2 aromatic rings. The SMILES string of the molecule is Cc1ccc(C)c(-c2ccnc(CCCl)n2)c1. The zero-order valence-corrected chi connectivity index (χ0v) is 10.8. The van der Waals surface area contributed by atoms with Gasteiger partial charge in [0.25, 0.3) is 0 Å². The van der Waals surface area contributed by atoms with Crippen molar-refractivity contribution in [2.45, 2.75) is 20.3 Å². The standard InChI is InChI=1S/C14H15ClN2/c1-10-3-4-11(2)12(9-10)13-6-8-16-14(17-13)5-7-15/h3-4,6,8-9H,5,7H2,1-2H3. The number of aryl methyl sites for hydroxylation is 3. The number of rotatable bonds is 3. The van der Waals surface area contributed by atoms with Crippen molar-refractivity contribution in [2.24, 2.45) is 0 Å². The van der Waals surface area contributed by atoms with Crippen molar-refractivity contribution in [1.82, 2.24) is 9.97 Å². The van der Waals surface area contributed by atoms with Gasteiger partial charge in [0.1, 0.15) is 5.82 Å². The van der Waals surface area contributed by atoms with Gasteiger partial charge >= 0.3 is 0 Å². The number of nitrogens with zero attached hydrogens (tertiary/aromatic N) is 2. The first-order valence-corrected chi connectivity index (χ1v) is 6.19. The van der Waals surface area contributed by atoms with Crippen LogP contribution in [0.1, 0.15) is 17.0 Å². The van der Waals surface area contributed by atoms with E-state index in [9.17, 15) is 0 Å². The quantitative estimate of drug-likeness (QED) is 0.775. The summed E-state index contributed by atoms with van der Waals surface area (Å²) in [4.78, 5) is 8.75. The van der Waals surface area contributed by atoms with Crippen LogP contribution in [0.4, 0.5) is 0 Å². The van der Waals surface area contributed by atoms with Crippen molar-refractivity contribution in [3.05, 3.63) is 47.4 Å². The van der Waals surface area contributed by atoms with Gasteiger partial charge in [0, 0.05) is 24.1 Å². The van der Waals surface area contributed by atoms with E-state index in [1.54, 1.807) is 6.20 Å². The Morgan fingerprint density at radius 2 is 2.00 bits per heavy atom. The third kappa shape index (κ3) is 2.83. The minimum atomic E-state index is 0.552. The van der Waals surface area contributed by atoms with Crippen molar-refractivity contribution in [1.29, 1.82) is 0 Å². The molecule has 0 amide bonds. The Morgan fingerprint density at radius 1 is 1.18 bits per heavy atom. The maximum Gasteiger partial charge on any atom is 0.130 e. The molecular weight excluding hydrogens is 232 g/mol. The van der Waals surface area contributed by atoms with Crippen molar-refractivity contribution in [2.75, 3.05) is 5.88 Å². The minimum absolute atomic E-state index is 0.552. The Morgan fingerprint density at radius 3 is 2.76 bits per heavy atom. The molecule has 1 aromatic carbocycles. The summed E-state index contributed by atoms with van der Waals surface area (Å²) >= 11 is 5.71. The second kappa shape index (κ2) is 5.28. The first-order valence-electron chi connectivity index (χ1n) is 5.66. The fourth-order valence-corrected chi connectivity index (χ4v) is 1.93. The van der Waals surface area contributed by atoms with Gasteiger partial charge in [-0.05, 0) is 31.5 Å². The molecule has 88 valence electrons. The normalized spacial score (nSPS) is 10.5. The summed E-state index contributed by atoms with van der Waals surface area (Å²) in [5.41, 5.74) is 4.61. The number of hydrogen-bond donors (Lipinski definition) is 0. The Hall–Kier alpha value is -1.41. The second-order valence-electron chi connectivity index (χ2n) is 4.12. The number of benzene rings is 1. The second-order valence-corrected chi connectivity index (χ2v) is 4.49. The first kappa shape index (κ1) is 12.1. The molecule has 17 heavy (non-hydrogen) atoms. The molecule has 2 rings (SSSR count). The number of halogens is 1. The average molecular weight is 247 g/mol. The highest BCUT2D eigenvalue weighted by molar-refractivity contribution is 6.17. The topological polar surface area (TPSA) is 25.8 Å². The fraction of sp³-hybridized carbons (Fsp3) is 0.286. The van der Waals surface area contributed by atoms with E-state index >= 15 is 0 Å². The van der Waals surface area contributed by atoms with E-state index in [0.29, 0.717) is 12.3 Å². The van der Waals surface area contributed by atoms with E-state index in [2.05, 4.69) is 42.0 Å². The molecule has 0 bridgehead atoms. The highest BCUT2D eigenvalue weighted by atomic mass is 35.5. The molecule has 0 atom stereocenters. The van der Waals surface area contributed by atoms with Gasteiger partial charge < -0.3 is 0 Å². The largest absolute Gasteiger partial charge is 0.241 e. The van der Waals surface area contributed by atoms with Crippen LogP contribution in [0.5, 0.6) is 0 Å². The van der Waals surface area contributed by atoms with Crippen LogP contribution in [0.25, 0.3) is 11.3 Å². The van der Waals surface area contributed by atoms with Gasteiger partial charge in [-0.1, -0.05) is 17.7 Å². The Bertz CT molecular complexity index is 523. The van der Waals surface area contributed by atoms with Gasteiger partial charge in [-0.2, -0.15) is 0 Å². The van der Waals surface area contributed by atoms with Gasteiger partial charge in [-0.25, -0.2) is 9.97 Å². The number of hydrogen-bond acceptors (Lipinski definition) is 2. The Kier molecular flexibility index (Phi) is 3.75. The zero-order chi connectivity index (χ0) is 12.3. The maximum atomic E-state index is 5.71. The first-order chi connectivity index (χ1) is 8.20. The molecule has 0 unspecified atom stereocenters. The van der Waals surface area contributed by atoms with Crippen LogP contribution in [0.3, 0.4) is 0 Å². The lowest BCUT2D eigenvalue weighted by atomic mass is 10.0. The highest BCUT2D eigenvalue weighted by Crippen LogP contribution is 2.22. The lowest BCUT2D eigenvalue weighted by Crippen LogP contribution is -1.98. The van der Waals surface area contributed by atoms with Gasteiger partial charge in [-0.3, -0.25) is 0 Å². The summed E-state index contributed by atoms with van der Waals surface area (Å²) in [5, 5.41) is 0. The summed E-state index contributed by atoms with van der Waals surface area (Å²) in [7, 11) is 0. The molecule has 3 heteroatoms. The number of alkyl halides is 1. The molecule has 0 aliphatic carbocycles. The summed E-state index contributed by atoms with van der Waals surface area (Å²) in [6.07, 6.45) is 2.51. The fourth-order valence-electron chi connectivity index (χ4n) is 1.77. The third-order valence-electron chi connectivity index (χ3n) is 2.69. The van der Waals surface area contributed by atoms with E-state index in [-0.39, 0.29) is 0 Å². The van der Waals surface area contributed by atoms with E-state index in [1.807, 2.05) is 6.07 Å². The Labute approximate surface area is 107 Å². The van der Waals surface area contributed by atoms with Crippen LogP contribution in [-0.4, -0.2) is 15.8 Å². The summed E-state index contributed by atoms with van der Waals surface area (Å²) in [5.74, 6) is 1.36. The van der Waals surface area contributed by atoms with Crippen molar-refractivity contribution >= 4 is 11.6 Å². The number of aromatic nitrogens is 2. The molecule has 0 saturated carbocycles. The summed E-state index contributed by atoms with van der Waals surface area (Å²) in [6.45, 7) is 4.18. The van der Waals surface area contributed by atoms with Crippen LogP contribution in [0.2, 0.25) is 0 Å². The van der Waals surface area contributed by atoms with Gasteiger partial charge in [0.15, 0.2) is 0 Å². The summed E-state index contributed by atoms with van der Waals surface area (Å²) in [6, 6.07) is 8.33. The molecule has 1 heterocycles. The van der Waals surface area contributed by atoms with E-state index in [1.165, 1.54) is 16.7 Å². The molecular formula is C14H15ClN2. The van der Waals surface area contributed by atoms with Crippen LogP contribution in [-0.2, 0) is 6.42 Å². The van der Waals surface area contributed by atoms with Gasteiger partial charge in [0.05, 0.1) is 5.69 Å². The van der Waals surface area contributed by atoms with Crippen LogP contribution >= 0.6 is 11.6 Å². The molecule has 0 saturated heterocycles. The molecule has 0 radical (unpaired) electrons. The lowest BCUT2D eigenvalue weighted by molar-refractivity contribution is 0.947. The molecule has 0 spiro atoms. The van der Waals surface area contributed by atoms with Crippen molar-refractivity contribution < 1.29 is 0 Å². The minimum Gasteiger partial charge on any atom is -0.241 e. The molecule has 0 aliphatic heterocycles. The van der Waals surface area contributed by atoms with E-state index < -0.39 is 0 Å². The molecule has 0 N–H and O–H groups in total. The average Bonchev–Trinajstić information content (AvgIpc) is 2.33. The van der Waals surface area contributed by atoms with E-state index in [4.69, 9.17) is 11.6 Å². The predicted octanol–water partition coefficient (Wildman–Crippen LogP) is 3.54. The zero-order valence-electron chi connectivity index (χ0n) is 10.1. The molecule has 1 aromatic heterocycles. The predicted molar refractivity (Wildman–Crippen MR) is 71.4 cm³/mol. The van der Waals surface area contributed by atoms with E-state index in [0.717, 1.165) is 11.5 Å². The third-order valence-corrected chi connectivity index (χ3v) is 2.88. The van der Waals surface area contributed by atoms with Gasteiger partial charge in [0.2, 0.25) is 0 Å². The molecule has 0 fully saturated rings. The molecule has 0 aliphatic rings. The van der Waals surface area contributed by atoms with Gasteiger partial charge in [-0.15, -0.1) is 11.6 Å². The monoisotopic (exact) mass is 246 g/mol. The maximum absolute atomic E-state index is 5.71. The molecule has 2 nitrogen and oxygen atoms in total. The van der Waals surface area contributed by atoms with Crippen molar-refractivity contribution in [3.63, 3.8) is 0 Å². The highest BCUT2D eigenvalue weighted by Gasteiger charge is 2.05. The van der Waals surface area contributed by atoms with Crippen LogP contribution < -0.4 is 0 Å². The smallest absolute Gasteiger partial charge is 0.130 e. The lowest BCUT2D eigenvalue weighted by Gasteiger charge is -2.07. The summed E-state index contributed by atoms with van der Waals surface area (Å²) < 4.78 is 0. The Balaban J connectivity index is 2.45. The van der Waals surface area contributed by atoms with Crippen molar-refractivity contribution in [3.8, 4) is 11.3 Å².